The molecular formula is C15H21N3S. The predicted molar refractivity (Wildman–Crippen MR) is 82.7 cm³/mol. The fourth-order valence-electron chi connectivity index (χ4n) is 1.87. The number of benzene rings is 1. The maximum Gasteiger partial charge on any atom is 0.185 e. The van der Waals surface area contributed by atoms with Crippen molar-refractivity contribution in [3.05, 3.63) is 47.0 Å². The third-order valence-corrected chi connectivity index (χ3v) is 3.97. The van der Waals surface area contributed by atoms with Gasteiger partial charge in [0.15, 0.2) is 5.13 Å². The lowest BCUT2D eigenvalue weighted by molar-refractivity contribution is 0.681. The molecule has 0 fully saturated rings. The van der Waals surface area contributed by atoms with Crippen molar-refractivity contribution in [1.29, 1.82) is 0 Å². The van der Waals surface area contributed by atoms with E-state index in [1.165, 1.54) is 16.9 Å². The summed E-state index contributed by atoms with van der Waals surface area (Å²) in [6.45, 7) is 5.06. The Balaban J connectivity index is 1.90. The van der Waals surface area contributed by atoms with Gasteiger partial charge in [0.2, 0.25) is 0 Å². The first-order chi connectivity index (χ1) is 9.29. The Bertz CT molecular complexity index is 481. The van der Waals surface area contributed by atoms with Crippen molar-refractivity contribution >= 4 is 16.5 Å². The summed E-state index contributed by atoms with van der Waals surface area (Å²) in [7, 11) is 2.09. The molecule has 102 valence electrons. The Morgan fingerprint density at radius 1 is 1.26 bits per heavy atom. The van der Waals surface area contributed by atoms with Crippen LogP contribution < -0.4 is 10.2 Å². The molecule has 2 aromatic rings. The van der Waals surface area contributed by atoms with Crippen LogP contribution in [0, 0.1) is 0 Å². The average molecular weight is 275 g/mol. The molecule has 0 unspecified atom stereocenters. The summed E-state index contributed by atoms with van der Waals surface area (Å²) >= 11 is 1.76. The molecule has 1 N–H and O–H groups in total. The van der Waals surface area contributed by atoms with Crippen LogP contribution >= 0.6 is 11.3 Å². The summed E-state index contributed by atoms with van der Waals surface area (Å²) in [5, 5.41) is 4.49. The number of hydrogen-bond donors (Lipinski definition) is 1. The molecule has 1 heterocycles. The Morgan fingerprint density at radius 2 is 2.05 bits per heavy atom. The molecule has 0 bridgehead atoms. The quantitative estimate of drug-likeness (QED) is 0.786. The lowest BCUT2D eigenvalue weighted by Gasteiger charge is -2.15. The molecular weight excluding hydrogens is 254 g/mol. The standard InChI is InChI=1S/C15H21N3S/c1-3-9-16-10-14-11-17-15(19-14)18(2)12-13-7-5-4-6-8-13/h4-8,11,16H,3,9-10,12H2,1-2H3. The summed E-state index contributed by atoms with van der Waals surface area (Å²) in [6, 6.07) is 10.5. The Morgan fingerprint density at radius 3 is 2.79 bits per heavy atom. The number of anilines is 1. The SMILES string of the molecule is CCCNCc1cnc(N(C)Cc2ccccc2)s1. The van der Waals surface area contributed by atoms with Gasteiger partial charge in [0.25, 0.3) is 0 Å². The van der Waals surface area contributed by atoms with Crippen LogP contribution in [0.15, 0.2) is 36.5 Å². The lowest BCUT2D eigenvalue weighted by atomic mass is 10.2. The molecule has 0 aliphatic rings. The zero-order valence-corrected chi connectivity index (χ0v) is 12.4. The van der Waals surface area contributed by atoms with Crippen LogP contribution in [-0.4, -0.2) is 18.6 Å². The highest BCUT2D eigenvalue weighted by Gasteiger charge is 2.07. The van der Waals surface area contributed by atoms with Gasteiger partial charge < -0.3 is 10.2 Å². The second-order valence-corrected chi connectivity index (χ2v) is 5.72. The molecule has 0 atom stereocenters. The van der Waals surface area contributed by atoms with Gasteiger partial charge >= 0.3 is 0 Å². The minimum Gasteiger partial charge on any atom is -0.347 e. The molecule has 3 nitrogen and oxygen atoms in total. The van der Waals surface area contributed by atoms with E-state index in [-0.39, 0.29) is 0 Å². The number of hydrogen-bond acceptors (Lipinski definition) is 4. The van der Waals surface area contributed by atoms with Gasteiger partial charge in [-0.15, -0.1) is 11.3 Å². The molecule has 0 spiro atoms. The third kappa shape index (κ3) is 4.33. The second-order valence-electron chi connectivity index (χ2n) is 4.63. The lowest BCUT2D eigenvalue weighted by Crippen LogP contribution is -2.15. The Labute approximate surface area is 119 Å². The molecule has 0 aliphatic heterocycles. The maximum absolute atomic E-state index is 4.50. The van der Waals surface area contributed by atoms with Crippen LogP contribution in [0.3, 0.4) is 0 Å². The number of aromatic nitrogens is 1. The number of rotatable bonds is 7. The van der Waals surface area contributed by atoms with Gasteiger partial charge in [0.05, 0.1) is 0 Å². The van der Waals surface area contributed by atoms with E-state index >= 15 is 0 Å². The van der Waals surface area contributed by atoms with Gasteiger partial charge in [-0.25, -0.2) is 4.98 Å². The highest BCUT2D eigenvalue weighted by atomic mass is 32.1. The van der Waals surface area contributed by atoms with E-state index in [1.807, 2.05) is 12.3 Å². The fraction of sp³-hybridized carbons (Fsp3) is 0.400. The van der Waals surface area contributed by atoms with Gasteiger partial charge in [-0.2, -0.15) is 0 Å². The van der Waals surface area contributed by atoms with E-state index in [2.05, 4.69) is 53.4 Å². The van der Waals surface area contributed by atoms with Crippen molar-refractivity contribution in [3.63, 3.8) is 0 Å². The maximum atomic E-state index is 4.50. The predicted octanol–water partition coefficient (Wildman–Crippen LogP) is 3.28. The van der Waals surface area contributed by atoms with Gasteiger partial charge in [-0.1, -0.05) is 37.3 Å². The summed E-state index contributed by atoms with van der Waals surface area (Å²) in [6.07, 6.45) is 3.14. The second kappa shape index (κ2) is 7.26. The van der Waals surface area contributed by atoms with E-state index in [0.717, 1.165) is 24.8 Å². The first-order valence-corrected chi connectivity index (χ1v) is 7.51. The first-order valence-electron chi connectivity index (χ1n) is 6.70. The van der Waals surface area contributed by atoms with E-state index in [0.29, 0.717) is 0 Å². The van der Waals surface area contributed by atoms with Crippen molar-refractivity contribution in [3.8, 4) is 0 Å². The molecule has 1 aromatic heterocycles. The summed E-state index contributed by atoms with van der Waals surface area (Å²) in [5.41, 5.74) is 1.31. The Hall–Kier alpha value is -1.39. The van der Waals surface area contributed by atoms with Crippen molar-refractivity contribution in [2.75, 3.05) is 18.5 Å². The average Bonchev–Trinajstić information content (AvgIpc) is 2.89. The van der Waals surface area contributed by atoms with Gasteiger partial charge in [0.1, 0.15) is 0 Å². The van der Waals surface area contributed by atoms with E-state index in [9.17, 15) is 0 Å². The summed E-state index contributed by atoms with van der Waals surface area (Å²) < 4.78 is 0. The molecule has 0 radical (unpaired) electrons. The first kappa shape index (κ1) is 14.0. The largest absolute Gasteiger partial charge is 0.347 e. The monoisotopic (exact) mass is 275 g/mol. The number of nitrogens with one attached hydrogen (secondary N) is 1. The summed E-state index contributed by atoms with van der Waals surface area (Å²) in [5.74, 6) is 0. The van der Waals surface area contributed by atoms with Crippen molar-refractivity contribution in [1.82, 2.24) is 10.3 Å². The molecule has 0 aliphatic carbocycles. The van der Waals surface area contributed by atoms with Crippen LogP contribution in [0.25, 0.3) is 0 Å². The molecule has 0 amide bonds. The van der Waals surface area contributed by atoms with E-state index in [4.69, 9.17) is 0 Å². The van der Waals surface area contributed by atoms with Crippen molar-refractivity contribution in [2.24, 2.45) is 0 Å². The highest BCUT2D eigenvalue weighted by Crippen LogP contribution is 2.22. The molecule has 4 heteroatoms. The zero-order chi connectivity index (χ0) is 13.5. The summed E-state index contributed by atoms with van der Waals surface area (Å²) in [4.78, 5) is 7.99. The van der Waals surface area contributed by atoms with Crippen molar-refractivity contribution < 1.29 is 0 Å². The van der Waals surface area contributed by atoms with E-state index < -0.39 is 0 Å². The number of thiazole rings is 1. The zero-order valence-electron chi connectivity index (χ0n) is 11.6. The van der Waals surface area contributed by atoms with E-state index in [1.54, 1.807) is 11.3 Å². The Kier molecular flexibility index (Phi) is 5.36. The van der Waals surface area contributed by atoms with Crippen LogP contribution in [0.2, 0.25) is 0 Å². The smallest absolute Gasteiger partial charge is 0.185 e. The van der Waals surface area contributed by atoms with Crippen LogP contribution in [0.4, 0.5) is 5.13 Å². The normalized spacial score (nSPS) is 10.6. The highest BCUT2D eigenvalue weighted by molar-refractivity contribution is 7.15. The number of nitrogens with zero attached hydrogens (tertiary/aromatic N) is 2. The third-order valence-electron chi connectivity index (χ3n) is 2.86. The molecule has 2 rings (SSSR count). The molecule has 19 heavy (non-hydrogen) atoms. The van der Waals surface area contributed by atoms with Crippen molar-refractivity contribution in [2.45, 2.75) is 26.4 Å². The van der Waals surface area contributed by atoms with Gasteiger partial charge in [0, 0.05) is 31.2 Å². The fourth-order valence-corrected chi connectivity index (χ4v) is 2.71. The minimum absolute atomic E-state index is 0.899. The molecule has 0 saturated carbocycles. The minimum atomic E-state index is 0.899. The molecule has 0 saturated heterocycles. The van der Waals surface area contributed by atoms with Crippen LogP contribution in [0.1, 0.15) is 23.8 Å². The van der Waals surface area contributed by atoms with Crippen LogP contribution in [-0.2, 0) is 13.1 Å². The van der Waals surface area contributed by atoms with Crippen LogP contribution in [0.5, 0.6) is 0 Å². The molecule has 1 aromatic carbocycles. The topological polar surface area (TPSA) is 28.2 Å². The van der Waals surface area contributed by atoms with Gasteiger partial charge in [-0.3, -0.25) is 0 Å². The van der Waals surface area contributed by atoms with Gasteiger partial charge in [-0.05, 0) is 18.5 Å².